The summed E-state index contributed by atoms with van der Waals surface area (Å²) in [6.07, 6.45) is 1.05. The van der Waals surface area contributed by atoms with Gasteiger partial charge in [0.15, 0.2) is 11.5 Å². The Hall–Kier alpha value is -2.53. The number of carbonyl (C=O) groups excluding carboxylic acids is 1. The smallest absolute Gasteiger partial charge is 0.237 e. The highest BCUT2D eigenvalue weighted by molar-refractivity contribution is 5.81. The Morgan fingerprint density at radius 1 is 1.05 bits per heavy atom. The largest absolute Gasteiger partial charge is 0.504 e. The summed E-state index contributed by atoms with van der Waals surface area (Å²) in [6.45, 7) is 0.422. The Morgan fingerprint density at radius 3 is 2.45 bits per heavy atom. The highest BCUT2D eigenvalue weighted by Crippen LogP contribution is 2.24. The predicted molar refractivity (Wildman–Crippen MR) is 84.6 cm³/mol. The fraction of sp³-hybridized carbons (Fsp3) is 0.235. The number of phenolic OH excluding ortho intramolecular Hbond substituents is 2. The Morgan fingerprint density at radius 2 is 1.77 bits per heavy atom. The molecule has 1 amide bonds. The molecule has 0 saturated carbocycles. The van der Waals surface area contributed by atoms with Gasteiger partial charge in [0.2, 0.25) is 5.91 Å². The molecule has 0 aliphatic heterocycles. The van der Waals surface area contributed by atoms with E-state index < -0.39 is 6.04 Å². The second kappa shape index (κ2) is 7.47. The molecule has 0 radical (unpaired) electrons. The van der Waals surface area contributed by atoms with Crippen molar-refractivity contribution in [1.82, 2.24) is 5.32 Å². The standard InChI is InChI=1S/C17H20N2O3/c18-14(10-12-4-2-1-3-5-12)17(22)19-9-8-13-6-7-15(20)16(21)11-13/h1-7,11,14,20-21H,8-10,18H2,(H,19,22). The van der Waals surface area contributed by atoms with Crippen LogP contribution >= 0.6 is 0 Å². The van der Waals surface area contributed by atoms with Gasteiger partial charge >= 0.3 is 0 Å². The van der Waals surface area contributed by atoms with Crippen LogP contribution in [0.3, 0.4) is 0 Å². The van der Waals surface area contributed by atoms with Gasteiger partial charge in [-0.3, -0.25) is 4.79 Å². The summed E-state index contributed by atoms with van der Waals surface area (Å²) in [5.74, 6) is -0.519. The van der Waals surface area contributed by atoms with Crippen LogP contribution in [0.2, 0.25) is 0 Å². The van der Waals surface area contributed by atoms with E-state index in [1.165, 1.54) is 12.1 Å². The average molecular weight is 300 g/mol. The number of benzene rings is 2. The molecule has 1 unspecified atom stereocenters. The fourth-order valence-corrected chi connectivity index (χ4v) is 2.15. The third-order valence-electron chi connectivity index (χ3n) is 3.39. The second-order valence-electron chi connectivity index (χ2n) is 5.16. The molecule has 0 bridgehead atoms. The Labute approximate surface area is 129 Å². The Kier molecular flexibility index (Phi) is 5.38. The fourth-order valence-electron chi connectivity index (χ4n) is 2.15. The van der Waals surface area contributed by atoms with Gasteiger partial charge in [0.1, 0.15) is 0 Å². The van der Waals surface area contributed by atoms with Crippen molar-refractivity contribution >= 4 is 5.91 Å². The first kappa shape index (κ1) is 15.9. The van der Waals surface area contributed by atoms with Gasteiger partial charge in [-0.15, -0.1) is 0 Å². The van der Waals surface area contributed by atoms with Gasteiger partial charge < -0.3 is 21.3 Å². The zero-order chi connectivity index (χ0) is 15.9. The topological polar surface area (TPSA) is 95.6 Å². The quantitative estimate of drug-likeness (QED) is 0.605. The van der Waals surface area contributed by atoms with Crippen LogP contribution in [0, 0.1) is 0 Å². The lowest BCUT2D eigenvalue weighted by Crippen LogP contribution is -2.42. The number of hydrogen-bond donors (Lipinski definition) is 4. The molecule has 5 heteroatoms. The minimum absolute atomic E-state index is 0.155. The number of nitrogens with two attached hydrogens (primary N) is 1. The van der Waals surface area contributed by atoms with E-state index in [1.807, 2.05) is 30.3 Å². The molecule has 0 fully saturated rings. The minimum Gasteiger partial charge on any atom is -0.504 e. The van der Waals surface area contributed by atoms with E-state index in [0.717, 1.165) is 11.1 Å². The van der Waals surface area contributed by atoms with Gasteiger partial charge in [-0.2, -0.15) is 0 Å². The second-order valence-corrected chi connectivity index (χ2v) is 5.16. The molecule has 116 valence electrons. The molecule has 5 nitrogen and oxygen atoms in total. The lowest BCUT2D eigenvalue weighted by Gasteiger charge is -2.12. The maximum atomic E-state index is 11.9. The summed E-state index contributed by atoms with van der Waals surface area (Å²) in [4.78, 5) is 11.9. The lowest BCUT2D eigenvalue weighted by atomic mass is 10.1. The molecule has 2 aromatic rings. The van der Waals surface area contributed by atoms with Gasteiger partial charge in [0.25, 0.3) is 0 Å². The summed E-state index contributed by atoms with van der Waals surface area (Å²) < 4.78 is 0. The summed E-state index contributed by atoms with van der Waals surface area (Å²) >= 11 is 0. The van der Waals surface area contributed by atoms with Gasteiger partial charge in [-0.25, -0.2) is 0 Å². The molecule has 2 rings (SSSR count). The number of phenols is 2. The molecular formula is C17H20N2O3. The van der Waals surface area contributed by atoms with E-state index >= 15 is 0 Å². The molecular weight excluding hydrogens is 280 g/mol. The first-order valence-electron chi connectivity index (χ1n) is 7.14. The molecule has 22 heavy (non-hydrogen) atoms. The van der Waals surface area contributed by atoms with E-state index in [9.17, 15) is 15.0 Å². The van der Waals surface area contributed by atoms with E-state index in [4.69, 9.17) is 5.73 Å². The zero-order valence-corrected chi connectivity index (χ0v) is 12.2. The van der Waals surface area contributed by atoms with Crippen LogP contribution in [0.25, 0.3) is 0 Å². The minimum atomic E-state index is -0.587. The molecule has 0 aliphatic rings. The first-order chi connectivity index (χ1) is 10.6. The maximum absolute atomic E-state index is 11.9. The van der Waals surface area contributed by atoms with Crippen molar-refractivity contribution in [2.24, 2.45) is 5.73 Å². The van der Waals surface area contributed by atoms with Crippen molar-refractivity contribution in [3.05, 3.63) is 59.7 Å². The van der Waals surface area contributed by atoms with Crippen LogP contribution in [0.4, 0.5) is 0 Å². The normalized spacial score (nSPS) is 11.9. The summed E-state index contributed by atoms with van der Waals surface area (Å²) in [6, 6.07) is 13.6. The molecule has 2 aromatic carbocycles. The number of amides is 1. The van der Waals surface area contributed by atoms with Crippen molar-refractivity contribution < 1.29 is 15.0 Å². The van der Waals surface area contributed by atoms with Crippen LogP contribution in [-0.4, -0.2) is 28.7 Å². The zero-order valence-electron chi connectivity index (χ0n) is 12.2. The van der Waals surface area contributed by atoms with Gasteiger partial charge in [0, 0.05) is 6.54 Å². The summed E-state index contributed by atoms with van der Waals surface area (Å²) in [7, 11) is 0. The highest BCUT2D eigenvalue weighted by atomic mass is 16.3. The van der Waals surface area contributed by atoms with Crippen LogP contribution < -0.4 is 11.1 Å². The third kappa shape index (κ3) is 4.49. The van der Waals surface area contributed by atoms with Gasteiger partial charge in [-0.1, -0.05) is 36.4 Å². The van der Waals surface area contributed by atoms with E-state index in [0.29, 0.717) is 19.4 Å². The van der Waals surface area contributed by atoms with Crippen LogP contribution in [0.1, 0.15) is 11.1 Å². The third-order valence-corrected chi connectivity index (χ3v) is 3.39. The first-order valence-corrected chi connectivity index (χ1v) is 7.14. The molecule has 0 heterocycles. The molecule has 5 N–H and O–H groups in total. The molecule has 0 spiro atoms. The Bertz CT molecular complexity index is 629. The average Bonchev–Trinajstić information content (AvgIpc) is 2.51. The predicted octanol–water partition coefficient (Wildman–Crippen LogP) is 1.33. The number of rotatable bonds is 6. The van der Waals surface area contributed by atoms with Gasteiger partial charge in [-0.05, 0) is 36.1 Å². The number of aromatic hydroxyl groups is 2. The summed E-state index contributed by atoms with van der Waals surface area (Å²) in [5.41, 5.74) is 7.74. The maximum Gasteiger partial charge on any atom is 0.237 e. The van der Waals surface area contributed by atoms with Crippen molar-refractivity contribution in [3.8, 4) is 11.5 Å². The van der Waals surface area contributed by atoms with Crippen LogP contribution in [0.15, 0.2) is 48.5 Å². The highest BCUT2D eigenvalue weighted by Gasteiger charge is 2.13. The molecule has 0 aliphatic carbocycles. The monoisotopic (exact) mass is 300 g/mol. The SMILES string of the molecule is NC(Cc1ccccc1)C(=O)NCCc1ccc(O)c(O)c1. The number of carbonyl (C=O) groups is 1. The van der Waals surface area contributed by atoms with E-state index in [1.54, 1.807) is 6.07 Å². The van der Waals surface area contributed by atoms with Crippen LogP contribution in [-0.2, 0) is 17.6 Å². The lowest BCUT2D eigenvalue weighted by molar-refractivity contribution is -0.122. The number of nitrogens with one attached hydrogen (secondary N) is 1. The molecule has 0 saturated heterocycles. The molecule has 1 atom stereocenters. The summed E-state index contributed by atoms with van der Waals surface area (Å²) in [5, 5.41) is 21.4. The van der Waals surface area contributed by atoms with Crippen molar-refractivity contribution in [1.29, 1.82) is 0 Å². The van der Waals surface area contributed by atoms with Crippen LogP contribution in [0.5, 0.6) is 11.5 Å². The Balaban J connectivity index is 1.78. The van der Waals surface area contributed by atoms with E-state index in [-0.39, 0.29) is 17.4 Å². The van der Waals surface area contributed by atoms with Crippen molar-refractivity contribution in [2.75, 3.05) is 6.54 Å². The number of hydrogen-bond acceptors (Lipinski definition) is 4. The van der Waals surface area contributed by atoms with E-state index in [2.05, 4.69) is 5.32 Å². The molecule has 0 aromatic heterocycles. The van der Waals surface area contributed by atoms with Crippen molar-refractivity contribution in [2.45, 2.75) is 18.9 Å². The van der Waals surface area contributed by atoms with Crippen molar-refractivity contribution in [3.63, 3.8) is 0 Å². The van der Waals surface area contributed by atoms with Gasteiger partial charge in [0.05, 0.1) is 6.04 Å².